The summed E-state index contributed by atoms with van der Waals surface area (Å²) in [5.41, 5.74) is 4.46. The molecule has 3 aromatic rings. The highest BCUT2D eigenvalue weighted by Gasteiger charge is 2.26. The van der Waals surface area contributed by atoms with E-state index >= 15 is 0 Å². The summed E-state index contributed by atoms with van der Waals surface area (Å²) in [5, 5.41) is 3.87. The molecule has 0 unspecified atom stereocenters. The number of H-pyrrole nitrogens is 1. The second kappa shape index (κ2) is 5.82. The van der Waals surface area contributed by atoms with Crippen molar-refractivity contribution in [2.45, 2.75) is 11.8 Å². The maximum absolute atomic E-state index is 12.4. The summed E-state index contributed by atoms with van der Waals surface area (Å²) in [7, 11) is -2.23. The third-order valence-corrected chi connectivity index (χ3v) is 6.06. The van der Waals surface area contributed by atoms with E-state index in [-0.39, 0.29) is 10.8 Å². The van der Waals surface area contributed by atoms with Crippen molar-refractivity contribution < 1.29 is 13.2 Å². The van der Waals surface area contributed by atoms with E-state index in [1.54, 1.807) is 12.1 Å². The number of para-hydroxylation sites is 1. The number of aryl methyl sites for hydroxylation is 1. The molecule has 2 aromatic carbocycles. The number of aromatic nitrogens is 1. The van der Waals surface area contributed by atoms with Crippen LogP contribution in [0.3, 0.4) is 0 Å². The molecule has 4 rings (SSSR count). The van der Waals surface area contributed by atoms with Gasteiger partial charge in [-0.1, -0.05) is 18.2 Å². The zero-order valence-electron chi connectivity index (χ0n) is 14.3. The van der Waals surface area contributed by atoms with Gasteiger partial charge in [-0.05, 0) is 49.9 Å². The monoisotopic (exact) mass is 367 g/mol. The third kappa shape index (κ3) is 2.53. The van der Waals surface area contributed by atoms with Crippen molar-refractivity contribution >= 4 is 44.2 Å². The Kier molecular flexibility index (Phi) is 3.71. The van der Waals surface area contributed by atoms with Gasteiger partial charge in [-0.3, -0.25) is 4.79 Å². The number of carbonyl (C=O) groups is 1. The lowest BCUT2D eigenvalue weighted by Crippen LogP contribution is -2.18. The van der Waals surface area contributed by atoms with E-state index in [1.165, 1.54) is 19.2 Å². The SMILES string of the molecule is CNS(=O)(=O)c1ccc2c(c1)C(=Cc1[nH]c3ccccc3c1C)C(=O)N2. The number of fused-ring (bicyclic) bond motifs is 2. The minimum Gasteiger partial charge on any atom is -0.355 e. The van der Waals surface area contributed by atoms with Gasteiger partial charge in [0.2, 0.25) is 10.0 Å². The van der Waals surface area contributed by atoms with Gasteiger partial charge >= 0.3 is 0 Å². The largest absolute Gasteiger partial charge is 0.355 e. The van der Waals surface area contributed by atoms with Crippen LogP contribution in [-0.2, 0) is 14.8 Å². The van der Waals surface area contributed by atoms with E-state index in [2.05, 4.69) is 15.0 Å². The average molecular weight is 367 g/mol. The van der Waals surface area contributed by atoms with Crippen LogP contribution >= 0.6 is 0 Å². The Bertz CT molecular complexity index is 1190. The van der Waals surface area contributed by atoms with Gasteiger partial charge in [0.15, 0.2) is 0 Å². The second-order valence-electron chi connectivity index (χ2n) is 6.14. The van der Waals surface area contributed by atoms with E-state index in [0.29, 0.717) is 16.8 Å². The molecule has 3 N–H and O–H groups in total. The lowest BCUT2D eigenvalue weighted by atomic mass is 10.0. The molecule has 1 aromatic heterocycles. The van der Waals surface area contributed by atoms with Crippen molar-refractivity contribution in [3.8, 4) is 0 Å². The van der Waals surface area contributed by atoms with Crippen molar-refractivity contribution in [3.63, 3.8) is 0 Å². The van der Waals surface area contributed by atoms with Crippen molar-refractivity contribution in [3.05, 3.63) is 59.3 Å². The Balaban J connectivity index is 1.88. The van der Waals surface area contributed by atoms with Crippen LogP contribution in [0.1, 0.15) is 16.8 Å². The minimum atomic E-state index is -3.59. The summed E-state index contributed by atoms with van der Waals surface area (Å²) in [6, 6.07) is 12.5. The molecule has 132 valence electrons. The van der Waals surface area contributed by atoms with Crippen molar-refractivity contribution in [2.24, 2.45) is 0 Å². The van der Waals surface area contributed by atoms with Gasteiger partial charge in [0.05, 0.1) is 10.5 Å². The fraction of sp³-hybridized carbons (Fsp3) is 0.105. The number of hydrogen-bond donors (Lipinski definition) is 3. The molecule has 0 saturated heterocycles. The first-order valence-corrected chi connectivity index (χ1v) is 9.57. The van der Waals surface area contributed by atoms with E-state index in [4.69, 9.17) is 0 Å². The van der Waals surface area contributed by atoms with Crippen molar-refractivity contribution in [1.29, 1.82) is 0 Å². The van der Waals surface area contributed by atoms with Gasteiger partial charge < -0.3 is 10.3 Å². The fourth-order valence-electron chi connectivity index (χ4n) is 3.19. The van der Waals surface area contributed by atoms with Gasteiger partial charge in [-0.15, -0.1) is 0 Å². The van der Waals surface area contributed by atoms with Crippen LogP contribution in [0, 0.1) is 6.92 Å². The van der Waals surface area contributed by atoms with Crippen molar-refractivity contribution in [2.75, 3.05) is 12.4 Å². The molecule has 2 heterocycles. The standard InChI is InChI=1S/C19H17N3O3S/c1-11-13-5-3-4-6-16(13)21-18(11)10-15-14-9-12(26(24,25)20-2)7-8-17(14)22-19(15)23/h3-10,20-21H,1-2H3,(H,22,23). The Hall–Kier alpha value is -2.90. The normalized spacial score (nSPS) is 15.5. The number of sulfonamides is 1. The number of carbonyl (C=O) groups excluding carboxylic acids is 1. The number of hydrogen-bond acceptors (Lipinski definition) is 3. The molecular weight excluding hydrogens is 350 g/mol. The third-order valence-electron chi connectivity index (χ3n) is 4.65. The summed E-state index contributed by atoms with van der Waals surface area (Å²) in [6.07, 6.45) is 1.77. The van der Waals surface area contributed by atoms with E-state index in [0.717, 1.165) is 22.2 Å². The molecule has 0 saturated carbocycles. The first-order chi connectivity index (χ1) is 12.4. The van der Waals surface area contributed by atoms with Gasteiger partial charge in [0, 0.05) is 27.8 Å². The van der Waals surface area contributed by atoms with Gasteiger partial charge in [0.1, 0.15) is 0 Å². The quantitative estimate of drug-likeness (QED) is 0.622. The lowest BCUT2D eigenvalue weighted by molar-refractivity contribution is -0.110. The predicted octanol–water partition coefficient (Wildman–Crippen LogP) is 2.88. The van der Waals surface area contributed by atoms with Crippen LogP contribution in [0.2, 0.25) is 0 Å². The fourth-order valence-corrected chi connectivity index (χ4v) is 3.94. The number of anilines is 1. The highest BCUT2D eigenvalue weighted by molar-refractivity contribution is 7.89. The smallest absolute Gasteiger partial charge is 0.256 e. The Morgan fingerprint density at radius 3 is 2.62 bits per heavy atom. The molecule has 0 bridgehead atoms. The van der Waals surface area contributed by atoms with E-state index in [9.17, 15) is 13.2 Å². The summed E-state index contributed by atoms with van der Waals surface area (Å²) in [5.74, 6) is -0.253. The molecule has 6 nitrogen and oxygen atoms in total. The molecule has 1 aliphatic heterocycles. The number of rotatable bonds is 3. The van der Waals surface area contributed by atoms with Crippen molar-refractivity contribution in [1.82, 2.24) is 9.71 Å². The van der Waals surface area contributed by atoms with E-state index in [1.807, 2.05) is 31.2 Å². The molecule has 0 spiro atoms. The first-order valence-electron chi connectivity index (χ1n) is 8.09. The van der Waals surface area contributed by atoms with Crippen LogP contribution in [0.15, 0.2) is 47.4 Å². The van der Waals surface area contributed by atoms with Crippen LogP contribution in [0.4, 0.5) is 5.69 Å². The zero-order valence-corrected chi connectivity index (χ0v) is 15.1. The van der Waals surface area contributed by atoms with Gasteiger partial charge in [0.25, 0.3) is 5.91 Å². The zero-order chi connectivity index (χ0) is 18.5. The molecule has 7 heteroatoms. The average Bonchev–Trinajstić information content (AvgIpc) is 3.12. The summed E-state index contributed by atoms with van der Waals surface area (Å²) in [4.78, 5) is 15.9. The topological polar surface area (TPSA) is 91.1 Å². The Morgan fingerprint density at radius 1 is 1.12 bits per heavy atom. The van der Waals surface area contributed by atoms with Crippen LogP contribution in [-0.4, -0.2) is 26.4 Å². The Morgan fingerprint density at radius 2 is 1.88 bits per heavy atom. The Labute approximate surface area is 151 Å². The number of amides is 1. The molecular formula is C19H17N3O3S. The molecule has 0 radical (unpaired) electrons. The first kappa shape index (κ1) is 16.6. The summed E-state index contributed by atoms with van der Waals surface area (Å²) in [6.45, 7) is 1.99. The maximum atomic E-state index is 12.4. The molecule has 26 heavy (non-hydrogen) atoms. The van der Waals surface area contributed by atoms with Crippen LogP contribution < -0.4 is 10.0 Å². The molecule has 0 fully saturated rings. The number of benzene rings is 2. The van der Waals surface area contributed by atoms with Crippen LogP contribution in [0.25, 0.3) is 22.6 Å². The van der Waals surface area contributed by atoms with E-state index < -0.39 is 10.0 Å². The lowest BCUT2D eigenvalue weighted by Gasteiger charge is -2.05. The minimum absolute atomic E-state index is 0.120. The second-order valence-corrected chi connectivity index (χ2v) is 8.02. The molecule has 0 atom stereocenters. The van der Waals surface area contributed by atoms with Gasteiger partial charge in [-0.25, -0.2) is 13.1 Å². The maximum Gasteiger partial charge on any atom is 0.256 e. The molecule has 0 aliphatic carbocycles. The summed E-state index contributed by atoms with van der Waals surface area (Å²) < 4.78 is 26.4. The predicted molar refractivity (Wildman–Crippen MR) is 102 cm³/mol. The summed E-state index contributed by atoms with van der Waals surface area (Å²) >= 11 is 0. The highest BCUT2D eigenvalue weighted by Crippen LogP contribution is 2.35. The van der Waals surface area contributed by atoms with Crippen LogP contribution in [0.5, 0.6) is 0 Å². The van der Waals surface area contributed by atoms with Gasteiger partial charge in [-0.2, -0.15) is 0 Å². The molecule has 1 amide bonds. The highest BCUT2D eigenvalue weighted by atomic mass is 32.2. The number of aromatic amines is 1. The number of nitrogens with one attached hydrogen (secondary N) is 3. The molecule has 1 aliphatic rings.